The largest absolute Gasteiger partial charge is 0.481 e. The molecule has 18 heavy (non-hydrogen) atoms. The molecule has 0 unspecified atom stereocenters. The topological polar surface area (TPSA) is 83.4 Å². The molecule has 3 aliphatic rings. The van der Waals surface area contributed by atoms with Crippen LogP contribution in [-0.2, 0) is 4.79 Å². The highest BCUT2D eigenvalue weighted by Gasteiger charge is 2.46. The molecule has 2 bridgehead atoms. The van der Waals surface area contributed by atoms with Crippen LogP contribution in [0.2, 0.25) is 0 Å². The molecule has 1 N–H and O–H groups in total. The molecular weight excluding hydrogens is 254 g/mol. The van der Waals surface area contributed by atoms with Gasteiger partial charge in [-0.05, 0) is 25.2 Å². The Bertz CT molecular complexity index is 476. The first-order valence-corrected chi connectivity index (χ1v) is 6.71. The summed E-state index contributed by atoms with van der Waals surface area (Å²) in [4.78, 5) is 25.2. The van der Waals surface area contributed by atoms with Crippen LogP contribution in [0.15, 0.2) is 6.20 Å². The Morgan fingerprint density at radius 1 is 1.44 bits per heavy atom. The first kappa shape index (κ1) is 11.6. The van der Waals surface area contributed by atoms with E-state index in [0.29, 0.717) is 24.6 Å². The number of aromatic nitrogens is 2. The van der Waals surface area contributed by atoms with E-state index in [1.807, 2.05) is 0 Å². The smallest absolute Gasteiger partial charge is 0.308 e. The first-order chi connectivity index (χ1) is 8.66. The van der Waals surface area contributed by atoms with Crippen molar-refractivity contribution in [1.29, 1.82) is 0 Å². The Labute approximate surface area is 108 Å². The Morgan fingerprint density at radius 2 is 2.28 bits per heavy atom. The molecular formula is C11H13N3O3S. The second-order valence-corrected chi connectivity index (χ2v) is 5.50. The molecule has 0 aromatic carbocycles. The lowest BCUT2D eigenvalue weighted by Crippen LogP contribution is -2.57. The predicted molar refractivity (Wildman–Crippen MR) is 63.2 cm³/mol. The highest BCUT2D eigenvalue weighted by Crippen LogP contribution is 2.39. The van der Waals surface area contributed by atoms with E-state index in [9.17, 15) is 14.7 Å². The van der Waals surface area contributed by atoms with Crippen molar-refractivity contribution >= 4 is 23.6 Å². The van der Waals surface area contributed by atoms with Crippen LogP contribution in [0.25, 0.3) is 0 Å². The standard InChI is InChI=1S/C11H13N3O3S/c15-10(8-4-12-18-13-8)14-5-6-1-2-9(14)7(3-6)11(16)17/h4,6-7,9H,1-3,5H2,(H,16,17)/t6-,7-,9+/m1/s1. The number of carboxylic acid groups (broad SMARTS) is 1. The van der Waals surface area contributed by atoms with E-state index in [1.165, 1.54) is 6.20 Å². The van der Waals surface area contributed by atoms with E-state index in [-0.39, 0.29) is 11.9 Å². The maximum atomic E-state index is 12.3. The van der Waals surface area contributed by atoms with Crippen LogP contribution < -0.4 is 0 Å². The number of aliphatic carboxylic acids is 1. The van der Waals surface area contributed by atoms with Gasteiger partial charge in [0.05, 0.1) is 23.8 Å². The van der Waals surface area contributed by atoms with Gasteiger partial charge < -0.3 is 10.0 Å². The van der Waals surface area contributed by atoms with Crippen LogP contribution >= 0.6 is 11.7 Å². The van der Waals surface area contributed by atoms with Crippen LogP contribution in [0.3, 0.4) is 0 Å². The molecule has 2 saturated heterocycles. The molecule has 3 heterocycles. The minimum Gasteiger partial charge on any atom is -0.481 e. The molecule has 1 aliphatic carbocycles. The fraction of sp³-hybridized carbons (Fsp3) is 0.636. The summed E-state index contributed by atoms with van der Waals surface area (Å²) in [6, 6.07) is -0.179. The number of piperidine rings is 2. The summed E-state index contributed by atoms with van der Waals surface area (Å²) in [6.45, 7) is 0.658. The van der Waals surface area contributed by atoms with Crippen molar-refractivity contribution in [1.82, 2.24) is 13.6 Å². The fourth-order valence-corrected chi connectivity index (χ4v) is 3.51. The summed E-state index contributed by atoms with van der Waals surface area (Å²) >= 11 is 0.995. The maximum absolute atomic E-state index is 12.3. The van der Waals surface area contributed by atoms with Crippen molar-refractivity contribution in [2.75, 3.05) is 6.54 Å². The van der Waals surface area contributed by atoms with Crippen LogP contribution in [0.1, 0.15) is 29.8 Å². The SMILES string of the molecule is O=C(O)[C@@H]1C[C@H]2CC[C@@H]1N(C(=O)c1cnsn1)C2. The van der Waals surface area contributed by atoms with Gasteiger partial charge in [0.1, 0.15) is 0 Å². The summed E-state index contributed by atoms with van der Waals surface area (Å²) in [5.74, 6) is -1.08. The fourth-order valence-electron chi connectivity index (χ4n) is 3.10. The summed E-state index contributed by atoms with van der Waals surface area (Å²) < 4.78 is 7.76. The number of amides is 1. The number of hydrogen-bond acceptors (Lipinski definition) is 5. The van der Waals surface area contributed by atoms with Crippen LogP contribution in [0, 0.1) is 11.8 Å². The van der Waals surface area contributed by atoms with E-state index in [0.717, 1.165) is 24.6 Å². The van der Waals surface area contributed by atoms with Crippen molar-refractivity contribution in [3.63, 3.8) is 0 Å². The van der Waals surface area contributed by atoms with E-state index < -0.39 is 11.9 Å². The third-order valence-electron chi connectivity index (χ3n) is 3.94. The molecule has 1 saturated carbocycles. The molecule has 6 nitrogen and oxygen atoms in total. The highest BCUT2D eigenvalue weighted by molar-refractivity contribution is 6.99. The van der Waals surface area contributed by atoms with Gasteiger partial charge >= 0.3 is 5.97 Å². The lowest BCUT2D eigenvalue weighted by Gasteiger charge is -2.48. The maximum Gasteiger partial charge on any atom is 0.308 e. The molecule has 96 valence electrons. The number of nitrogens with zero attached hydrogens (tertiary/aromatic N) is 3. The van der Waals surface area contributed by atoms with Gasteiger partial charge in [0.2, 0.25) is 0 Å². The van der Waals surface area contributed by atoms with Gasteiger partial charge in [0.25, 0.3) is 5.91 Å². The van der Waals surface area contributed by atoms with E-state index in [4.69, 9.17) is 0 Å². The van der Waals surface area contributed by atoms with Gasteiger partial charge in [0, 0.05) is 12.6 Å². The highest BCUT2D eigenvalue weighted by atomic mass is 32.1. The quantitative estimate of drug-likeness (QED) is 0.859. The van der Waals surface area contributed by atoms with Crippen molar-refractivity contribution in [3.8, 4) is 0 Å². The monoisotopic (exact) mass is 267 g/mol. The second kappa shape index (κ2) is 4.31. The Balaban J connectivity index is 1.85. The number of carboxylic acids is 1. The van der Waals surface area contributed by atoms with Gasteiger partial charge in [-0.25, -0.2) is 0 Å². The zero-order valence-electron chi connectivity index (χ0n) is 9.65. The number of carbonyl (C=O) groups is 2. The molecule has 7 heteroatoms. The average Bonchev–Trinajstić information content (AvgIpc) is 2.92. The second-order valence-electron chi connectivity index (χ2n) is 4.94. The van der Waals surface area contributed by atoms with Crippen molar-refractivity contribution in [2.24, 2.45) is 11.8 Å². The molecule has 0 spiro atoms. The summed E-state index contributed by atoms with van der Waals surface area (Å²) in [5, 5.41) is 9.23. The summed E-state index contributed by atoms with van der Waals surface area (Å²) in [6.07, 6.45) is 3.95. The third-order valence-corrected chi connectivity index (χ3v) is 4.41. The summed E-state index contributed by atoms with van der Waals surface area (Å²) in [5.41, 5.74) is 0.330. The van der Waals surface area contributed by atoms with Crippen molar-refractivity contribution in [2.45, 2.75) is 25.3 Å². The van der Waals surface area contributed by atoms with Crippen LogP contribution in [-0.4, -0.2) is 43.2 Å². The minimum atomic E-state index is -0.793. The Kier molecular flexibility index (Phi) is 2.77. The first-order valence-electron chi connectivity index (χ1n) is 5.98. The Morgan fingerprint density at radius 3 is 2.89 bits per heavy atom. The molecule has 0 radical (unpaired) electrons. The van der Waals surface area contributed by atoms with E-state index >= 15 is 0 Å². The number of fused-ring (bicyclic) bond motifs is 3. The molecule has 1 aromatic rings. The van der Waals surface area contributed by atoms with Gasteiger partial charge in [-0.15, -0.1) is 0 Å². The van der Waals surface area contributed by atoms with Crippen molar-refractivity contribution in [3.05, 3.63) is 11.9 Å². The molecule has 2 aliphatic heterocycles. The number of hydrogen-bond donors (Lipinski definition) is 1. The lowest BCUT2D eigenvalue weighted by atomic mass is 9.72. The minimum absolute atomic E-state index is 0.176. The van der Waals surface area contributed by atoms with Crippen LogP contribution in [0.5, 0.6) is 0 Å². The molecule has 4 rings (SSSR count). The van der Waals surface area contributed by atoms with Gasteiger partial charge in [-0.2, -0.15) is 8.75 Å². The third kappa shape index (κ3) is 1.78. The zero-order chi connectivity index (χ0) is 12.7. The van der Waals surface area contributed by atoms with Gasteiger partial charge in [0.15, 0.2) is 5.69 Å². The Hall–Kier alpha value is -1.50. The normalized spacial score (nSPS) is 30.4. The van der Waals surface area contributed by atoms with Crippen LogP contribution in [0.4, 0.5) is 0 Å². The summed E-state index contributed by atoms with van der Waals surface area (Å²) in [7, 11) is 0. The van der Waals surface area contributed by atoms with E-state index in [2.05, 4.69) is 8.75 Å². The molecule has 1 amide bonds. The zero-order valence-corrected chi connectivity index (χ0v) is 10.5. The average molecular weight is 267 g/mol. The molecule has 3 atom stereocenters. The van der Waals surface area contributed by atoms with Gasteiger partial charge in [-0.1, -0.05) is 0 Å². The lowest BCUT2D eigenvalue weighted by molar-refractivity contribution is -0.148. The number of carbonyl (C=O) groups excluding carboxylic acids is 1. The number of rotatable bonds is 2. The van der Waals surface area contributed by atoms with E-state index in [1.54, 1.807) is 4.90 Å². The van der Waals surface area contributed by atoms with Gasteiger partial charge in [-0.3, -0.25) is 9.59 Å². The molecule has 1 aromatic heterocycles. The van der Waals surface area contributed by atoms with Crippen molar-refractivity contribution < 1.29 is 14.7 Å². The predicted octanol–water partition coefficient (Wildman–Crippen LogP) is 0.863. The molecule has 3 fully saturated rings.